The molecule has 0 atom stereocenters. The van der Waals surface area contributed by atoms with Gasteiger partial charge in [0.25, 0.3) is 0 Å². The number of hydrogen-bond acceptors (Lipinski definition) is 4. The largest absolute Gasteiger partial charge is 0.390 e. The summed E-state index contributed by atoms with van der Waals surface area (Å²) in [7, 11) is 0. The monoisotopic (exact) mass is 287 g/mol. The predicted molar refractivity (Wildman–Crippen MR) is 84.3 cm³/mol. The van der Waals surface area contributed by atoms with E-state index in [-0.39, 0.29) is 0 Å². The Kier molecular flexibility index (Phi) is 3.12. The van der Waals surface area contributed by atoms with Gasteiger partial charge in [-0.2, -0.15) is 0 Å². The lowest BCUT2D eigenvalue weighted by atomic mass is 10.0. The Balaban J connectivity index is 1.66. The van der Waals surface area contributed by atoms with Gasteiger partial charge < -0.3 is 4.84 Å². The van der Waals surface area contributed by atoms with Gasteiger partial charge in [-0.3, -0.25) is 4.98 Å². The summed E-state index contributed by atoms with van der Waals surface area (Å²) in [5.41, 5.74) is 3.82. The van der Waals surface area contributed by atoms with Gasteiger partial charge in [0.05, 0.1) is 11.1 Å². The number of para-hydroxylation sites is 1. The lowest BCUT2D eigenvalue weighted by Crippen LogP contribution is -2.24. The molecular weight excluding hydrogens is 274 g/mol. The van der Waals surface area contributed by atoms with Crippen molar-refractivity contribution in [3.8, 4) is 0 Å². The highest BCUT2D eigenvalue weighted by Crippen LogP contribution is 2.20. The number of allylic oxidation sites excluding steroid dienone is 4. The second-order valence-electron chi connectivity index (χ2n) is 5.02. The fourth-order valence-corrected chi connectivity index (χ4v) is 2.54. The van der Waals surface area contributed by atoms with Crippen LogP contribution in [0.15, 0.2) is 82.9 Å². The van der Waals surface area contributed by atoms with Crippen molar-refractivity contribution in [2.45, 2.75) is 6.61 Å². The molecule has 2 heterocycles. The van der Waals surface area contributed by atoms with Gasteiger partial charge in [0.2, 0.25) is 0 Å². The Bertz CT molecular complexity index is 924. The second kappa shape index (κ2) is 5.41. The van der Waals surface area contributed by atoms with E-state index in [2.05, 4.69) is 21.2 Å². The number of nitrogens with zero attached hydrogens (tertiary/aromatic N) is 3. The molecule has 2 aromatic rings. The molecule has 0 bridgehead atoms. The van der Waals surface area contributed by atoms with Crippen LogP contribution < -0.4 is 10.6 Å². The van der Waals surface area contributed by atoms with Crippen LogP contribution in [0.5, 0.6) is 0 Å². The maximum Gasteiger partial charge on any atom is 0.142 e. The summed E-state index contributed by atoms with van der Waals surface area (Å²) in [6, 6.07) is 11.9. The van der Waals surface area contributed by atoms with E-state index in [4.69, 9.17) is 4.84 Å². The van der Waals surface area contributed by atoms with Crippen LogP contribution in [0.4, 0.5) is 0 Å². The first kappa shape index (κ1) is 12.7. The smallest absolute Gasteiger partial charge is 0.142 e. The van der Waals surface area contributed by atoms with Crippen molar-refractivity contribution in [3.63, 3.8) is 0 Å². The molecule has 0 saturated heterocycles. The van der Waals surface area contributed by atoms with Gasteiger partial charge in [0.15, 0.2) is 0 Å². The number of rotatable bonds is 3. The maximum atomic E-state index is 5.50. The van der Waals surface area contributed by atoms with E-state index in [0.717, 1.165) is 33.1 Å². The zero-order chi connectivity index (χ0) is 14.8. The third kappa shape index (κ3) is 2.24. The Morgan fingerprint density at radius 3 is 2.82 bits per heavy atom. The molecule has 1 aliphatic heterocycles. The lowest BCUT2D eigenvalue weighted by molar-refractivity contribution is 0.131. The molecule has 0 amide bonds. The number of oxime groups is 1. The molecule has 106 valence electrons. The Hall–Kier alpha value is -3.01. The van der Waals surface area contributed by atoms with Crippen LogP contribution in [0, 0.1) is 0 Å². The minimum absolute atomic E-state index is 0.422. The first-order valence-electron chi connectivity index (χ1n) is 7.08. The topological polar surface area (TPSA) is 46.8 Å². The molecule has 0 N–H and O–H groups in total. The minimum atomic E-state index is 0.422. The summed E-state index contributed by atoms with van der Waals surface area (Å²) >= 11 is 0. The number of aromatic nitrogens is 1. The highest BCUT2D eigenvalue weighted by molar-refractivity contribution is 6.30. The number of benzene rings is 1. The minimum Gasteiger partial charge on any atom is -0.390 e. The maximum absolute atomic E-state index is 5.50. The normalized spacial score (nSPS) is 16.8. The zero-order valence-electron chi connectivity index (χ0n) is 11.8. The molecular formula is C18H13N3O. The molecule has 0 unspecified atom stereocenters. The van der Waals surface area contributed by atoms with Gasteiger partial charge in [-0.15, -0.1) is 0 Å². The van der Waals surface area contributed by atoms with Crippen molar-refractivity contribution in [3.05, 3.63) is 88.9 Å². The molecule has 0 fully saturated rings. The number of pyridine rings is 1. The summed E-state index contributed by atoms with van der Waals surface area (Å²) < 4.78 is 0. The Labute approximate surface area is 127 Å². The van der Waals surface area contributed by atoms with Crippen LogP contribution in [-0.2, 0) is 11.4 Å². The molecule has 0 spiro atoms. The average Bonchev–Trinajstić information content (AvgIpc) is 2.95. The zero-order valence-corrected chi connectivity index (χ0v) is 11.8. The van der Waals surface area contributed by atoms with Crippen LogP contribution >= 0.6 is 0 Å². The van der Waals surface area contributed by atoms with Crippen molar-refractivity contribution >= 4 is 11.3 Å². The number of hydrogen-bond donors (Lipinski definition) is 0. The van der Waals surface area contributed by atoms with Gasteiger partial charge in [0, 0.05) is 23.2 Å². The first-order chi connectivity index (χ1) is 10.9. The van der Waals surface area contributed by atoms with E-state index < -0.39 is 0 Å². The van der Waals surface area contributed by atoms with E-state index >= 15 is 0 Å². The molecule has 1 aromatic carbocycles. The van der Waals surface area contributed by atoms with Crippen molar-refractivity contribution in [2.75, 3.05) is 0 Å². The average molecular weight is 287 g/mol. The summed E-state index contributed by atoms with van der Waals surface area (Å²) in [6.45, 7) is 0.422. The number of fused-ring (bicyclic) bond motifs is 2. The van der Waals surface area contributed by atoms with Gasteiger partial charge >= 0.3 is 0 Å². The van der Waals surface area contributed by atoms with Gasteiger partial charge in [-0.25, -0.2) is 4.99 Å². The molecule has 4 rings (SSSR count). The molecule has 2 aliphatic rings. The summed E-state index contributed by atoms with van der Waals surface area (Å²) in [6.07, 6.45) is 9.38. The molecule has 0 saturated carbocycles. The quantitative estimate of drug-likeness (QED) is 0.809. The molecule has 4 nitrogen and oxygen atoms in total. The van der Waals surface area contributed by atoms with Gasteiger partial charge in [-0.1, -0.05) is 29.4 Å². The van der Waals surface area contributed by atoms with Crippen molar-refractivity contribution < 1.29 is 4.84 Å². The second-order valence-corrected chi connectivity index (χ2v) is 5.02. The third-order valence-electron chi connectivity index (χ3n) is 3.58. The molecule has 22 heavy (non-hydrogen) atoms. The summed E-state index contributed by atoms with van der Waals surface area (Å²) in [5, 5.41) is 6.37. The van der Waals surface area contributed by atoms with Crippen molar-refractivity contribution in [1.29, 1.82) is 0 Å². The highest BCUT2D eigenvalue weighted by atomic mass is 16.6. The van der Waals surface area contributed by atoms with E-state index in [1.807, 2.05) is 48.6 Å². The van der Waals surface area contributed by atoms with Crippen molar-refractivity contribution in [1.82, 2.24) is 4.98 Å². The van der Waals surface area contributed by atoms with E-state index in [9.17, 15) is 0 Å². The molecule has 1 aromatic heterocycles. The Morgan fingerprint density at radius 1 is 1.05 bits per heavy atom. The van der Waals surface area contributed by atoms with Gasteiger partial charge in [-0.05, 0) is 35.9 Å². The van der Waals surface area contributed by atoms with Crippen LogP contribution in [0.1, 0.15) is 5.56 Å². The van der Waals surface area contributed by atoms with Crippen molar-refractivity contribution in [2.24, 2.45) is 10.1 Å². The molecule has 0 radical (unpaired) electrons. The summed E-state index contributed by atoms with van der Waals surface area (Å²) in [4.78, 5) is 14.1. The molecule has 4 heteroatoms. The Morgan fingerprint density at radius 2 is 1.91 bits per heavy atom. The standard InChI is InChI=1S/C18H13N3O/c1-2-5-15-14(4-1)18-16(20-15)6-3-7-17(18)21-22-12-13-8-10-19-11-9-13/h1-11H,12H2. The SMILES string of the molecule is C1=CC(=NOCc2ccncc2)C2=c3ccccc3=NC2=C1. The van der Waals surface area contributed by atoms with E-state index in [1.165, 1.54) is 0 Å². The van der Waals surface area contributed by atoms with E-state index in [0.29, 0.717) is 6.61 Å². The first-order valence-corrected chi connectivity index (χ1v) is 7.08. The predicted octanol–water partition coefficient (Wildman–Crippen LogP) is 1.89. The highest BCUT2D eigenvalue weighted by Gasteiger charge is 2.19. The fourth-order valence-electron chi connectivity index (χ4n) is 2.54. The fraction of sp³-hybridized carbons (Fsp3) is 0.0556. The third-order valence-corrected chi connectivity index (χ3v) is 3.58. The summed E-state index contributed by atoms with van der Waals surface area (Å²) in [5.74, 6) is 0. The van der Waals surface area contributed by atoms with E-state index in [1.54, 1.807) is 12.4 Å². The van der Waals surface area contributed by atoms with Crippen LogP contribution in [0.25, 0.3) is 5.57 Å². The van der Waals surface area contributed by atoms with Gasteiger partial charge in [0.1, 0.15) is 12.3 Å². The molecule has 1 aliphatic carbocycles. The van der Waals surface area contributed by atoms with Crippen LogP contribution in [-0.4, -0.2) is 10.7 Å². The van der Waals surface area contributed by atoms with Crippen LogP contribution in [0.3, 0.4) is 0 Å². The van der Waals surface area contributed by atoms with Crippen LogP contribution in [0.2, 0.25) is 0 Å². The lowest BCUT2D eigenvalue weighted by Gasteiger charge is -2.08.